The van der Waals surface area contributed by atoms with Crippen molar-refractivity contribution in [1.29, 1.82) is 0 Å². The second kappa shape index (κ2) is 7.24. The van der Waals surface area contributed by atoms with Crippen molar-refractivity contribution < 1.29 is 14.1 Å². The maximum atomic E-state index is 12.7. The Labute approximate surface area is 166 Å². The largest absolute Gasteiger partial charge is 0.385 e. The zero-order valence-electron chi connectivity index (χ0n) is 16.0. The van der Waals surface area contributed by atoms with E-state index < -0.39 is 21.5 Å². The molecule has 11 heteroatoms. The first kappa shape index (κ1) is 20.4. The molecule has 3 aromatic rings. The number of urea groups is 1. The van der Waals surface area contributed by atoms with Crippen molar-refractivity contribution >= 4 is 43.9 Å². The number of hydrogen-bond donors (Lipinski definition) is 3. The number of hydrogen-bond acceptors (Lipinski definition) is 6. The van der Waals surface area contributed by atoms with Crippen molar-refractivity contribution in [2.24, 2.45) is 16.5 Å². The molecule has 150 valence electrons. The van der Waals surface area contributed by atoms with Crippen LogP contribution in [0.15, 0.2) is 33.2 Å². The number of rotatable bonds is 4. The summed E-state index contributed by atoms with van der Waals surface area (Å²) < 4.78 is 18.0. The lowest BCUT2D eigenvalue weighted by atomic mass is 10.1. The average molecular weight is 423 g/mol. The average Bonchev–Trinajstić information content (AvgIpc) is 3.20. The molecule has 2 heterocycles. The number of benzene rings is 1. The Hall–Kier alpha value is -2.34. The van der Waals surface area contributed by atoms with Crippen LogP contribution in [-0.4, -0.2) is 30.1 Å². The summed E-state index contributed by atoms with van der Waals surface area (Å²) in [7, 11) is -1.76. The van der Waals surface area contributed by atoms with E-state index >= 15 is 0 Å². The Balaban J connectivity index is 1.96. The molecule has 9 nitrogen and oxygen atoms in total. The Kier molecular flexibility index (Phi) is 5.28. The third-order valence-corrected chi connectivity index (χ3v) is 7.16. The van der Waals surface area contributed by atoms with Gasteiger partial charge < -0.3 is 10.4 Å². The van der Waals surface area contributed by atoms with E-state index in [1.165, 1.54) is 6.20 Å². The zero-order chi connectivity index (χ0) is 20.7. The summed E-state index contributed by atoms with van der Waals surface area (Å²) in [6.45, 7) is 5.11. The normalized spacial score (nSPS) is 14.1. The molecule has 1 unspecified atom stereocenters. The topological polar surface area (TPSA) is 135 Å². The lowest BCUT2D eigenvalue weighted by molar-refractivity contribution is 0.0823. The van der Waals surface area contributed by atoms with E-state index in [-0.39, 0.29) is 4.34 Å². The number of amides is 2. The van der Waals surface area contributed by atoms with Gasteiger partial charge in [-0.15, -0.1) is 15.7 Å². The van der Waals surface area contributed by atoms with Crippen molar-refractivity contribution in [3.63, 3.8) is 0 Å². The Morgan fingerprint density at radius 1 is 1.46 bits per heavy atom. The van der Waals surface area contributed by atoms with Crippen LogP contribution < -0.4 is 10.5 Å². The van der Waals surface area contributed by atoms with Gasteiger partial charge in [-0.1, -0.05) is 19.1 Å². The highest BCUT2D eigenvalue weighted by atomic mass is 32.2. The number of nitrogens with two attached hydrogens (primary N) is 1. The Morgan fingerprint density at radius 3 is 2.79 bits per heavy atom. The maximum absolute atomic E-state index is 12.7. The highest BCUT2D eigenvalue weighted by Gasteiger charge is 2.23. The van der Waals surface area contributed by atoms with Crippen molar-refractivity contribution in [3.8, 4) is 0 Å². The lowest BCUT2D eigenvalue weighted by Crippen LogP contribution is -2.18. The molecule has 0 saturated heterocycles. The van der Waals surface area contributed by atoms with Gasteiger partial charge in [0.15, 0.2) is 9.92 Å². The second-order valence-electron chi connectivity index (χ2n) is 6.83. The van der Waals surface area contributed by atoms with Gasteiger partial charge in [-0.3, -0.25) is 4.68 Å². The van der Waals surface area contributed by atoms with E-state index in [2.05, 4.69) is 19.8 Å². The highest BCUT2D eigenvalue weighted by molar-refractivity contribution is 7.93. The molecule has 0 aliphatic carbocycles. The molecule has 1 atom stereocenters. The SMILES string of the molecule is CCc1ccc2cn(C)nc2c1NC(=O)N=S(N)(=O)c1ncc(C(C)(C)O)s1. The van der Waals surface area contributed by atoms with E-state index in [1.54, 1.807) is 25.6 Å². The predicted octanol–water partition coefficient (Wildman–Crippen LogP) is 2.75. The van der Waals surface area contributed by atoms with E-state index in [0.29, 0.717) is 22.5 Å². The minimum Gasteiger partial charge on any atom is -0.385 e. The van der Waals surface area contributed by atoms with Crippen LogP contribution >= 0.6 is 11.3 Å². The number of aliphatic hydroxyl groups is 1. The lowest BCUT2D eigenvalue weighted by Gasteiger charge is -2.13. The Bertz CT molecular complexity index is 1170. The Morgan fingerprint density at radius 2 is 2.18 bits per heavy atom. The molecule has 2 amide bonds. The summed E-state index contributed by atoms with van der Waals surface area (Å²) in [6.07, 6.45) is 3.88. The number of carbonyl (C=O) groups excluding carboxylic acids is 1. The number of thiazole rings is 1. The van der Waals surface area contributed by atoms with Crippen LogP contribution in [-0.2, 0) is 29.0 Å². The van der Waals surface area contributed by atoms with Crippen LogP contribution in [0.3, 0.4) is 0 Å². The van der Waals surface area contributed by atoms with Gasteiger partial charge in [0.25, 0.3) is 0 Å². The molecular formula is C17H22N6O3S2. The van der Waals surface area contributed by atoms with Gasteiger partial charge in [-0.2, -0.15) is 5.10 Å². The third kappa shape index (κ3) is 4.07. The fraction of sp³-hybridized carbons (Fsp3) is 0.353. The van der Waals surface area contributed by atoms with Crippen LogP contribution in [0.4, 0.5) is 10.5 Å². The number of carbonyl (C=O) groups is 1. The van der Waals surface area contributed by atoms with Crippen LogP contribution in [0, 0.1) is 0 Å². The third-order valence-electron chi connectivity index (χ3n) is 4.05. The number of aromatic nitrogens is 3. The molecule has 0 radical (unpaired) electrons. The van der Waals surface area contributed by atoms with E-state index in [4.69, 9.17) is 5.14 Å². The molecule has 0 aliphatic heterocycles. The standard InChI is InChI=1S/C17H22N6O3S2/c1-5-10-6-7-11-9-23(4)21-14(11)13(10)20-15(24)22-28(18,26)16-19-8-12(27-16)17(2,3)25/h6-9,25H,5H2,1-4H3,(H3,18,20,22,24,26). The van der Waals surface area contributed by atoms with Gasteiger partial charge in [-0.25, -0.2) is 19.1 Å². The van der Waals surface area contributed by atoms with Gasteiger partial charge in [0.2, 0.25) is 4.34 Å². The molecule has 0 bridgehead atoms. The summed E-state index contributed by atoms with van der Waals surface area (Å²) in [5, 5.41) is 23.7. The van der Waals surface area contributed by atoms with E-state index in [0.717, 1.165) is 22.3 Å². The summed E-state index contributed by atoms with van der Waals surface area (Å²) in [4.78, 5) is 16.9. The summed E-state index contributed by atoms with van der Waals surface area (Å²) >= 11 is 0.958. The van der Waals surface area contributed by atoms with Gasteiger partial charge in [0, 0.05) is 24.8 Å². The molecule has 0 saturated carbocycles. The van der Waals surface area contributed by atoms with Crippen molar-refractivity contribution in [2.75, 3.05) is 5.32 Å². The summed E-state index contributed by atoms with van der Waals surface area (Å²) in [6, 6.07) is 2.98. The van der Waals surface area contributed by atoms with Crippen LogP contribution in [0.5, 0.6) is 0 Å². The fourth-order valence-electron chi connectivity index (χ4n) is 2.65. The molecular weight excluding hydrogens is 400 g/mol. The van der Waals surface area contributed by atoms with Crippen molar-refractivity contribution in [2.45, 2.75) is 37.1 Å². The first-order valence-electron chi connectivity index (χ1n) is 8.51. The molecule has 0 fully saturated rings. The fourth-order valence-corrected chi connectivity index (χ4v) is 4.73. The van der Waals surface area contributed by atoms with Crippen LogP contribution in [0.1, 0.15) is 31.2 Å². The monoisotopic (exact) mass is 422 g/mol. The quantitative estimate of drug-likeness (QED) is 0.594. The number of nitrogens with zero attached hydrogens (tertiary/aromatic N) is 4. The predicted molar refractivity (Wildman–Crippen MR) is 109 cm³/mol. The first-order valence-corrected chi connectivity index (χ1v) is 10.9. The molecule has 28 heavy (non-hydrogen) atoms. The molecule has 0 spiro atoms. The molecule has 2 aromatic heterocycles. The number of anilines is 1. The molecule has 0 aliphatic rings. The van der Waals surface area contributed by atoms with Gasteiger partial charge in [0.05, 0.1) is 16.2 Å². The first-order chi connectivity index (χ1) is 13.0. The summed E-state index contributed by atoms with van der Waals surface area (Å²) in [5.74, 6) is 0. The minimum atomic E-state index is -3.55. The maximum Gasteiger partial charge on any atom is 0.355 e. The number of nitrogens with one attached hydrogen (secondary N) is 1. The van der Waals surface area contributed by atoms with E-state index in [9.17, 15) is 14.1 Å². The van der Waals surface area contributed by atoms with Crippen LogP contribution in [0.2, 0.25) is 0 Å². The number of fused-ring (bicyclic) bond motifs is 1. The number of aryl methyl sites for hydroxylation is 2. The van der Waals surface area contributed by atoms with Crippen LogP contribution in [0.25, 0.3) is 10.9 Å². The van der Waals surface area contributed by atoms with Gasteiger partial charge in [0.1, 0.15) is 5.52 Å². The van der Waals surface area contributed by atoms with Gasteiger partial charge in [-0.05, 0) is 25.8 Å². The second-order valence-corrected chi connectivity index (χ2v) is 9.83. The molecule has 4 N–H and O–H groups in total. The zero-order valence-corrected chi connectivity index (χ0v) is 17.6. The smallest absolute Gasteiger partial charge is 0.355 e. The van der Waals surface area contributed by atoms with Crippen molar-refractivity contribution in [1.82, 2.24) is 14.8 Å². The van der Waals surface area contributed by atoms with Gasteiger partial charge >= 0.3 is 6.03 Å². The molecule has 3 rings (SSSR count). The summed E-state index contributed by atoms with van der Waals surface area (Å²) in [5.41, 5.74) is 0.850. The highest BCUT2D eigenvalue weighted by Crippen LogP contribution is 2.29. The minimum absolute atomic E-state index is 0.0217. The van der Waals surface area contributed by atoms with E-state index in [1.807, 2.05) is 25.3 Å². The molecule has 1 aromatic carbocycles. The van der Waals surface area contributed by atoms with Crippen molar-refractivity contribution in [3.05, 3.63) is 35.0 Å².